The molecule has 3 aromatic heterocycles. The summed E-state index contributed by atoms with van der Waals surface area (Å²) in [6, 6.07) is 35.3. The number of halogens is 7. The summed E-state index contributed by atoms with van der Waals surface area (Å²) in [4.78, 5) is 95.0. The van der Waals surface area contributed by atoms with E-state index in [2.05, 4.69) is 62.0 Å². The zero-order valence-electron chi connectivity index (χ0n) is 47.2. The highest BCUT2D eigenvalue weighted by atomic mass is 35.5. The molecule has 9 aromatic rings. The average molecular weight is 1300 g/mol. The maximum absolute atomic E-state index is 14.4. The van der Waals surface area contributed by atoms with E-state index in [1.165, 1.54) is 111 Å². The zero-order valence-corrected chi connectivity index (χ0v) is 49.5. The zero-order chi connectivity index (χ0) is 65.9. The second-order valence-corrected chi connectivity index (χ2v) is 19.7. The second kappa shape index (κ2) is 31.3. The number of benzene rings is 6. The molecule has 9 rings (SSSR count). The number of nitrogens with zero attached hydrogens (tertiary/aromatic N) is 6. The lowest BCUT2D eigenvalue weighted by Gasteiger charge is -2.12. The SMILES string of the molecule is CN=C(N)c1ccc(C(=O)Nc2ccc(F)cc2C(=O)Nc2ccc(Cl)cn2)c(F)c1.CN=C(N)c1ccc(C(=O)Nc2ccc(F)cc2C(=O)Nc2ccc(Cl)cn2)cc1.N/C(=N/O)c1ccc(C(=O)Nc2ccc(F)cc2C(=O)Nc2ccc(Cl)cn2)cc1. The Balaban J connectivity index is 0.000000194. The van der Waals surface area contributed by atoms with Crippen molar-refractivity contribution in [1.29, 1.82) is 0 Å². The maximum Gasteiger partial charge on any atom is 0.259 e. The molecule has 0 unspecified atom stereocenters. The number of carbonyl (C=O) groups excluding carboxylic acids is 6. The van der Waals surface area contributed by atoms with Gasteiger partial charge in [-0.05, 0) is 127 Å². The largest absolute Gasteiger partial charge is 0.409 e. The molecule has 22 nitrogen and oxygen atoms in total. The molecule has 13 N–H and O–H groups in total. The summed E-state index contributed by atoms with van der Waals surface area (Å²) in [6.45, 7) is 0. The van der Waals surface area contributed by atoms with Crippen molar-refractivity contribution in [2.75, 3.05) is 46.0 Å². The Morgan fingerprint density at radius 2 is 0.681 bits per heavy atom. The number of aliphatic imine (C=N–C) groups is 2. The molecule has 0 aliphatic rings. The molecule has 0 saturated carbocycles. The van der Waals surface area contributed by atoms with E-state index in [1.54, 1.807) is 37.4 Å². The third kappa shape index (κ3) is 18.7. The lowest BCUT2D eigenvalue weighted by molar-refractivity contribution is 0.100. The third-order valence-electron chi connectivity index (χ3n) is 12.3. The van der Waals surface area contributed by atoms with E-state index < -0.39 is 58.7 Å². The van der Waals surface area contributed by atoms with Gasteiger partial charge < -0.3 is 54.3 Å². The molecule has 0 spiro atoms. The molecule has 91 heavy (non-hydrogen) atoms. The number of carbonyl (C=O) groups is 6. The highest BCUT2D eigenvalue weighted by molar-refractivity contribution is 6.31. The lowest BCUT2D eigenvalue weighted by Crippen LogP contribution is -2.20. The number of amides is 6. The number of anilines is 6. The van der Waals surface area contributed by atoms with Gasteiger partial charge in [0.15, 0.2) is 5.84 Å². The first-order valence-electron chi connectivity index (χ1n) is 26.1. The molecule has 6 amide bonds. The summed E-state index contributed by atoms with van der Waals surface area (Å²) in [5.74, 6) is -5.70. The van der Waals surface area contributed by atoms with Gasteiger partial charge in [0.25, 0.3) is 35.4 Å². The van der Waals surface area contributed by atoms with Crippen LogP contribution in [0.1, 0.15) is 78.8 Å². The first kappa shape index (κ1) is 66.9. The van der Waals surface area contributed by atoms with Crippen LogP contribution in [0.25, 0.3) is 0 Å². The van der Waals surface area contributed by atoms with Crippen LogP contribution < -0.4 is 49.1 Å². The van der Waals surface area contributed by atoms with E-state index in [1.807, 2.05) is 0 Å². The Morgan fingerprint density at radius 3 is 1.00 bits per heavy atom. The van der Waals surface area contributed by atoms with Gasteiger partial charge in [-0.15, -0.1) is 0 Å². The molecule has 462 valence electrons. The van der Waals surface area contributed by atoms with Gasteiger partial charge in [-0.2, -0.15) is 0 Å². The van der Waals surface area contributed by atoms with E-state index >= 15 is 0 Å². The predicted molar refractivity (Wildman–Crippen MR) is 340 cm³/mol. The van der Waals surface area contributed by atoms with Crippen molar-refractivity contribution < 1.29 is 51.5 Å². The number of rotatable bonds is 15. The van der Waals surface area contributed by atoms with Crippen LogP contribution in [0.15, 0.2) is 191 Å². The molecule has 0 aliphatic carbocycles. The molecular formula is C62H48Cl3F4N15O7. The van der Waals surface area contributed by atoms with Crippen molar-refractivity contribution >= 4 is 122 Å². The number of aromatic nitrogens is 3. The third-order valence-corrected chi connectivity index (χ3v) is 13.0. The topological polar surface area (TPSA) is 349 Å². The summed E-state index contributed by atoms with van der Waals surface area (Å²) in [6.07, 6.45) is 4.04. The van der Waals surface area contributed by atoms with E-state index in [4.69, 9.17) is 57.2 Å². The Kier molecular flexibility index (Phi) is 23.0. The first-order chi connectivity index (χ1) is 43.5. The Labute approximate surface area is 529 Å². The van der Waals surface area contributed by atoms with E-state index in [-0.39, 0.29) is 74.0 Å². The van der Waals surface area contributed by atoms with Crippen LogP contribution in [0, 0.1) is 23.3 Å². The fourth-order valence-electron chi connectivity index (χ4n) is 7.68. The summed E-state index contributed by atoms with van der Waals surface area (Å²) >= 11 is 17.3. The van der Waals surface area contributed by atoms with Crippen LogP contribution >= 0.6 is 34.8 Å². The van der Waals surface area contributed by atoms with E-state index in [0.29, 0.717) is 43.2 Å². The summed E-state index contributed by atoms with van der Waals surface area (Å²) < 4.78 is 55.7. The Hall–Kier alpha value is -11.6. The summed E-state index contributed by atoms with van der Waals surface area (Å²) in [5.41, 5.74) is 18.5. The maximum atomic E-state index is 14.4. The Morgan fingerprint density at radius 1 is 0.374 bits per heavy atom. The van der Waals surface area contributed by atoms with Crippen molar-refractivity contribution in [3.05, 3.63) is 265 Å². The number of pyridine rings is 3. The van der Waals surface area contributed by atoms with Gasteiger partial charge in [-0.1, -0.05) is 70.3 Å². The Bertz CT molecular complexity index is 4100. The van der Waals surface area contributed by atoms with Crippen LogP contribution in [-0.2, 0) is 0 Å². The number of hydrogen-bond acceptors (Lipinski definition) is 13. The molecule has 29 heteroatoms. The molecule has 0 radical (unpaired) electrons. The molecule has 0 fully saturated rings. The predicted octanol–water partition coefficient (Wildman–Crippen LogP) is 11.0. The minimum atomic E-state index is -0.833. The number of nitrogens with two attached hydrogens (primary N) is 3. The standard InChI is InChI=1S/C21H16ClF2N5O2.C21H17ClFN5O2.C20H15ClFN5O3/c1-26-19(25)11-2-5-14(16(24)8-11)20(30)28-17-6-4-13(23)9-15(17)21(31)29-18-7-3-12(22)10-27-18;1-25-19(24)12-2-4-13(5-3-12)20(29)27-17-8-7-15(23)10-16(17)21(30)28-18-9-6-14(22)11-26-18;21-13-5-8-17(24-10-13)26-20(29)15-9-14(22)6-7-16(15)25-19(28)12-3-1-11(2-4-12)18(23)27-30/h2-10H,1H3,(H2,25,26)(H,28,30)(H,27,29,31);2-11H,1H3,(H2,24,25)(H,27,29)(H,26,28,30);1-10,30H,(H2,23,27)(H,25,28)(H,24,26,29). The fourth-order valence-corrected chi connectivity index (χ4v) is 8.01. The second-order valence-electron chi connectivity index (χ2n) is 18.4. The molecule has 0 saturated heterocycles. The lowest BCUT2D eigenvalue weighted by atomic mass is 10.1. The molecule has 3 heterocycles. The van der Waals surface area contributed by atoms with Gasteiger partial charge in [0.05, 0.1) is 54.4 Å². The van der Waals surface area contributed by atoms with Gasteiger partial charge in [0, 0.05) is 60.5 Å². The molecular weight excluding hydrogens is 1250 g/mol. The van der Waals surface area contributed by atoms with Crippen LogP contribution in [-0.4, -0.2) is 87.2 Å². The first-order valence-corrected chi connectivity index (χ1v) is 27.2. The van der Waals surface area contributed by atoms with E-state index in [0.717, 1.165) is 42.5 Å². The van der Waals surface area contributed by atoms with Gasteiger partial charge in [0.1, 0.15) is 52.4 Å². The van der Waals surface area contributed by atoms with Gasteiger partial charge >= 0.3 is 0 Å². The van der Waals surface area contributed by atoms with Gasteiger partial charge in [0.2, 0.25) is 0 Å². The van der Waals surface area contributed by atoms with Crippen molar-refractivity contribution in [3.63, 3.8) is 0 Å². The highest BCUT2D eigenvalue weighted by Gasteiger charge is 2.22. The quantitative estimate of drug-likeness (QED) is 0.0150. The molecule has 6 aromatic carbocycles. The molecule has 0 atom stereocenters. The number of hydrogen-bond donors (Lipinski definition) is 10. The van der Waals surface area contributed by atoms with Gasteiger partial charge in [-0.25, -0.2) is 32.5 Å². The van der Waals surface area contributed by atoms with E-state index in [9.17, 15) is 46.3 Å². The van der Waals surface area contributed by atoms with Crippen molar-refractivity contribution in [3.8, 4) is 0 Å². The van der Waals surface area contributed by atoms with Crippen molar-refractivity contribution in [1.82, 2.24) is 15.0 Å². The van der Waals surface area contributed by atoms with Gasteiger partial charge in [-0.3, -0.25) is 38.8 Å². The summed E-state index contributed by atoms with van der Waals surface area (Å²) in [5, 5.41) is 27.9. The summed E-state index contributed by atoms with van der Waals surface area (Å²) in [7, 11) is 3.02. The molecule has 0 bridgehead atoms. The van der Waals surface area contributed by atoms with Crippen LogP contribution in [0.4, 0.5) is 52.1 Å². The number of oxime groups is 1. The monoisotopic (exact) mass is 1300 g/mol. The highest BCUT2D eigenvalue weighted by Crippen LogP contribution is 2.25. The molecule has 0 aliphatic heterocycles. The average Bonchev–Trinajstić information content (AvgIpc) is 1.27. The van der Waals surface area contributed by atoms with Crippen LogP contribution in [0.5, 0.6) is 0 Å². The number of amidine groups is 3. The smallest absolute Gasteiger partial charge is 0.259 e. The minimum absolute atomic E-state index is 0.0176. The van der Waals surface area contributed by atoms with Crippen LogP contribution in [0.2, 0.25) is 15.1 Å². The van der Waals surface area contributed by atoms with Crippen LogP contribution in [0.3, 0.4) is 0 Å². The number of nitrogens with one attached hydrogen (secondary N) is 6. The normalized spacial score (nSPS) is 11.1. The van der Waals surface area contributed by atoms with Crippen molar-refractivity contribution in [2.45, 2.75) is 0 Å². The minimum Gasteiger partial charge on any atom is -0.409 e. The fraction of sp³-hybridized carbons (Fsp3) is 0.0323. The van der Waals surface area contributed by atoms with Crippen molar-refractivity contribution in [2.24, 2.45) is 32.3 Å².